The molecular weight excluding hydrogens is 239 g/mol. The predicted octanol–water partition coefficient (Wildman–Crippen LogP) is 4.26. The summed E-state index contributed by atoms with van der Waals surface area (Å²) >= 11 is 6.21. The van der Waals surface area contributed by atoms with Gasteiger partial charge in [0.2, 0.25) is 0 Å². The zero-order valence-electron chi connectivity index (χ0n) is 9.88. The molecule has 1 nitrogen and oxygen atoms in total. The third kappa shape index (κ3) is 2.52. The van der Waals surface area contributed by atoms with Gasteiger partial charge in [-0.05, 0) is 30.5 Å². The molecule has 0 amide bonds. The maximum Gasteiger partial charge on any atom is 0.160 e. The summed E-state index contributed by atoms with van der Waals surface area (Å²) in [4.78, 5) is 12.3. The van der Waals surface area contributed by atoms with Gasteiger partial charge in [-0.25, -0.2) is 4.39 Å². The molecule has 0 N–H and O–H groups in total. The Morgan fingerprint density at radius 3 is 2.35 bits per heavy atom. The van der Waals surface area contributed by atoms with E-state index in [0.717, 1.165) is 25.7 Å². The Kier molecular flexibility index (Phi) is 3.53. The molecule has 1 atom stereocenters. The van der Waals surface area contributed by atoms with E-state index in [2.05, 4.69) is 0 Å². The number of carbonyl (C=O) groups excluding carboxylic acids is 1. The van der Waals surface area contributed by atoms with Crippen LogP contribution in [0.1, 0.15) is 43.5 Å². The average molecular weight is 255 g/mol. The second kappa shape index (κ2) is 4.77. The Labute approximate surface area is 106 Å². The molecule has 1 aliphatic rings. The quantitative estimate of drug-likeness (QED) is 0.737. The van der Waals surface area contributed by atoms with Crippen molar-refractivity contribution < 1.29 is 9.18 Å². The Hall–Kier alpha value is -0.890. The molecule has 0 bridgehead atoms. The van der Waals surface area contributed by atoms with Crippen molar-refractivity contribution in [3.05, 3.63) is 35.6 Å². The normalized spacial score (nSPS) is 20.2. The fourth-order valence-electron chi connectivity index (χ4n) is 2.49. The van der Waals surface area contributed by atoms with Crippen LogP contribution in [0.4, 0.5) is 4.39 Å². The van der Waals surface area contributed by atoms with Gasteiger partial charge in [-0.3, -0.25) is 4.79 Å². The van der Waals surface area contributed by atoms with E-state index in [1.807, 2.05) is 6.92 Å². The molecule has 1 unspecified atom stereocenters. The summed E-state index contributed by atoms with van der Waals surface area (Å²) in [6.07, 6.45) is 4.01. The summed E-state index contributed by atoms with van der Waals surface area (Å²) in [6.45, 7) is 1.99. The van der Waals surface area contributed by atoms with Crippen LogP contribution in [0.25, 0.3) is 0 Å². The highest BCUT2D eigenvalue weighted by Gasteiger charge is 2.39. The molecule has 0 radical (unpaired) electrons. The monoisotopic (exact) mass is 254 g/mol. The maximum absolute atomic E-state index is 12.8. The number of halogens is 2. The van der Waals surface area contributed by atoms with Gasteiger partial charge in [0, 0.05) is 5.41 Å². The molecule has 2 rings (SSSR count). The minimum atomic E-state index is -0.654. The average Bonchev–Trinajstić information content (AvgIpc) is 2.76. The molecule has 3 heteroatoms. The second-order valence-electron chi connectivity index (χ2n) is 5.05. The summed E-state index contributed by atoms with van der Waals surface area (Å²) in [5, 5.41) is -0.654. The predicted molar refractivity (Wildman–Crippen MR) is 66.6 cm³/mol. The Balaban J connectivity index is 2.17. The standard InChI is InChI=1S/C14H16ClFO/c1-14(8-2-3-9-14)13(17)12(15)10-4-6-11(16)7-5-10/h4-7,12H,2-3,8-9H2,1H3. The smallest absolute Gasteiger partial charge is 0.160 e. The Bertz CT molecular complexity index is 407. The van der Waals surface area contributed by atoms with Gasteiger partial charge < -0.3 is 0 Å². The van der Waals surface area contributed by atoms with Gasteiger partial charge in [-0.2, -0.15) is 0 Å². The lowest BCUT2D eigenvalue weighted by molar-refractivity contribution is -0.127. The minimum absolute atomic E-state index is 0.0725. The molecule has 1 fully saturated rings. The van der Waals surface area contributed by atoms with Crippen molar-refractivity contribution in [2.45, 2.75) is 38.0 Å². The van der Waals surface area contributed by atoms with Crippen molar-refractivity contribution in [3.63, 3.8) is 0 Å². The highest BCUT2D eigenvalue weighted by Crippen LogP contribution is 2.43. The molecule has 0 spiro atoms. The van der Waals surface area contributed by atoms with Crippen LogP contribution in [-0.4, -0.2) is 5.78 Å². The van der Waals surface area contributed by atoms with Crippen molar-refractivity contribution in [2.75, 3.05) is 0 Å². The zero-order valence-corrected chi connectivity index (χ0v) is 10.6. The van der Waals surface area contributed by atoms with Crippen LogP contribution in [-0.2, 0) is 4.79 Å². The van der Waals surface area contributed by atoms with E-state index >= 15 is 0 Å². The van der Waals surface area contributed by atoms with Gasteiger partial charge in [-0.1, -0.05) is 31.9 Å². The van der Waals surface area contributed by atoms with Gasteiger partial charge >= 0.3 is 0 Å². The van der Waals surface area contributed by atoms with Gasteiger partial charge in [-0.15, -0.1) is 11.6 Å². The molecule has 0 aromatic heterocycles. The van der Waals surface area contributed by atoms with Crippen LogP contribution in [0.3, 0.4) is 0 Å². The molecule has 17 heavy (non-hydrogen) atoms. The zero-order chi connectivity index (χ0) is 12.5. The molecular formula is C14H16ClFO. The first-order chi connectivity index (χ1) is 8.03. The van der Waals surface area contributed by atoms with Gasteiger partial charge in [0.1, 0.15) is 11.2 Å². The summed E-state index contributed by atoms with van der Waals surface area (Å²) in [6, 6.07) is 5.86. The lowest BCUT2D eigenvalue weighted by Gasteiger charge is -2.24. The Morgan fingerprint density at radius 2 is 1.82 bits per heavy atom. The van der Waals surface area contributed by atoms with Crippen LogP contribution < -0.4 is 0 Å². The van der Waals surface area contributed by atoms with E-state index in [-0.39, 0.29) is 17.0 Å². The van der Waals surface area contributed by atoms with E-state index in [4.69, 9.17) is 11.6 Å². The molecule has 1 aromatic carbocycles. The van der Waals surface area contributed by atoms with Crippen molar-refractivity contribution in [1.29, 1.82) is 0 Å². The molecule has 1 saturated carbocycles. The van der Waals surface area contributed by atoms with E-state index in [0.29, 0.717) is 5.56 Å². The third-order valence-electron chi connectivity index (χ3n) is 3.69. The molecule has 1 aliphatic carbocycles. The van der Waals surface area contributed by atoms with Crippen LogP contribution in [0.2, 0.25) is 0 Å². The fourth-order valence-corrected chi connectivity index (χ4v) is 2.90. The van der Waals surface area contributed by atoms with E-state index in [1.54, 1.807) is 12.1 Å². The SMILES string of the molecule is CC1(C(=O)C(Cl)c2ccc(F)cc2)CCCC1. The van der Waals surface area contributed by atoms with Gasteiger partial charge in [0.05, 0.1) is 0 Å². The highest BCUT2D eigenvalue weighted by molar-refractivity contribution is 6.31. The molecule has 1 aromatic rings. The number of alkyl halides is 1. The van der Waals surface area contributed by atoms with Crippen molar-refractivity contribution in [1.82, 2.24) is 0 Å². The van der Waals surface area contributed by atoms with Crippen LogP contribution >= 0.6 is 11.6 Å². The topological polar surface area (TPSA) is 17.1 Å². The van der Waals surface area contributed by atoms with E-state index in [1.165, 1.54) is 12.1 Å². The van der Waals surface area contributed by atoms with E-state index < -0.39 is 5.38 Å². The van der Waals surface area contributed by atoms with Gasteiger partial charge in [0.15, 0.2) is 5.78 Å². The third-order valence-corrected chi connectivity index (χ3v) is 4.14. The number of hydrogen-bond donors (Lipinski definition) is 0. The summed E-state index contributed by atoms with van der Waals surface area (Å²) < 4.78 is 12.8. The highest BCUT2D eigenvalue weighted by atomic mass is 35.5. The van der Waals surface area contributed by atoms with Crippen LogP contribution in [0, 0.1) is 11.2 Å². The van der Waals surface area contributed by atoms with Crippen LogP contribution in [0.15, 0.2) is 24.3 Å². The number of Topliss-reactive ketones (excluding diaryl/α,β-unsaturated/α-hetero) is 1. The maximum atomic E-state index is 12.8. The summed E-state index contributed by atoms with van der Waals surface area (Å²) in [5.74, 6) is -0.236. The first-order valence-electron chi connectivity index (χ1n) is 5.97. The minimum Gasteiger partial charge on any atom is -0.297 e. The molecule has 92 valence electrons. The van der Waals surface area contributed by atoms with E-state index in [9.17, 15) is 9.18 Å². The number of rotatable bonds is 3. The Morgan fingerprint density at radius 1 is 1.29 bits per heavy atom. The second-order valence-corrected chi connectivity index (χ2v) is 5.48. The lowest BCUT2D eigenvalue weighted by atomic mass is 9.81. The van der Waals surface area contributed by atoms with Crippen molar-refractivity contribution in [3.8, 4) is 0 Å². The first-order valence-corrected chi connectivity index (χ1v) is 6.40. The van der Waals surface area contributed by atoms with Crippen LogP contribution in [0.5, 0.6) is 0 Å². The molecule has 0 heterocycles. The largest absolute Gasteiger partial charge is 0.297 e. The lowest BCUT2D eigenvalue weighted by Crippen LogP contribution is -2.27. The summed E-state index contributed by atoms with van der Waals surface area (Å²) in [7, 11) is 0. The summed E-state index contributed by atoms with van der Waals surface area (Å²) in [5.41, 5.74) is 0.395. The van der Waals surface area contributed by atoms with Crippen molar-refractivity contribution >= 4 is 17.4 Å². The fraction of sp³-hybridized carbons (Fsp3) is 0.500. The number of benzene rings is 1. The number of hydrogen-bond acceptors (Lipinski definition) is 1. The molecule has 0 saturated heterocycles. The first kappa shape index (κ1) is 12.6. The molecule has 0 aliphatic heterocycles. The number of ketones is 1. The number of carbonyl (C=O) groups is 1. The van der Waals surface area contributed by atoms with Gasteiger partial charge in [0.25, 0.3) is 0 Å². The van der Waals surface area contributed by atoms with Crippen molar-refractivity contribution in [2.24, 2.45) is 5.41 Å².